The zero-order chi connectivity index (χ0) is 16.6. The summed E-state index contributed by atoms with van der Waals surface area (Å²) in [4.78, 5) is 31.3. The minimum Gasteiger partial charge on any atom is -0.451 e. The zero-order valence-electron chi connectivity index (χ0n) is 12.9. The first-order valence-electron chi connectivity index (χ1n) is 7.10. The van der Waals surface area contributed by atoms with E-state index in [1.165, 1.54) is 0 Å². The van der Waals surface area contributed by atoms with Gasteiger partial charge in [0.1, 0.15) is 11.3 Å². The lowest BCUT2D eigenvalue weighted by atomic mass is 10.2. The van der Waals surface area contributed by atoms with E-state index in [4.69, 9.17) is 9.26 Å². The van der Waals surface area contributed by atoms with E-state index in [0.717, 1.165) is 0 Å². The van der Waals surface area contributed by atoms with Crippen molar-refractivity contribution in [3.8, 4) is 0 Å². The van der Waals surface area contributed by atoms with Crippen molar-refractivity contribution in [2.45, 2.75) is 26.9 Å². The van der Waals surface area contributed by atoms with Gasteiger partial charge in [0.2, 0.25) is 0 Å². The zero-order valence-corrected chi connectivity index (χ0v) is 12.9. The summed E-state index contributed by atoms with van der Waals surface area (Å²) in [5.74, 6) is 0.109. The number of benzene rings is 1. The fourth-order valence-electron chi connectivity index (χ4n) is 2.35. The molecule has 0 fully saturated rings. The van der Waals surface area contributed by atoms with Crippen molar-refractivity contribution in [2.75, 3.05) is 0 Å². The third kappa shape index (κ3) is 2.73. The molecule has 1 aromatic carbocycles. The van der Waals surface area contributed by atoms with E-state index in [-0.39, 0.29) is 11.4 Å². The van der Waals surface area contributed by atoms with Crippen LogP contribution in [-0.2, 0) is 4.74 Å². The monoisotopic (exact) mass is 313 g/mol. The van der Waals surface area contributed by atoms with Gasteiger partial charge in [0, 0.05) is 0 Å². The quantitative estimate of drug-likeness (QED) is 0.746. The summed E-state index contributed by atoms with van der Waals surface area (Å²) in [6.45, 7) is 4.94. The van der Waals surface area contributed by atoms with Crippen LogP contribution in [0.4, 0.5) is 0 Å². The Bertz CT molecular complexity index is 922. The molecule has 0 radical (unpaired) electrons. The van der Waals surface area contributed by atoms with Gasteiger partial charge in [0.05, 0.1) is 16.6 Å². The molecule has 7 nitrogen and oxygen atoms in total. The Morgan fingerprint density at radius 3 is 2.74 bits per heavy atom. The topological polar surface area (TPSA) is 98.1 Å². The number of carbonyl (C=O) groups is 1. The maximum Gasteiger partial charge on any atom is 0.344 e. The van der Waals surface area contributed by atoms with Crippen LogP contribution in [0.2, 0.25) is 0 Å². The largest absolute Gasteiger partial charge is 0.451 e. The average molecular weight is 313 g/mol. The third-order valence-electron chi connectivity index (χ3n) is 3.54. The summed E-state index contributed by atoms with van der Waals surface area (Å²) in [7, 11) is 0. The first-order chi connectivity index (χ1) is 11.0. The summed E-state index contributed by atoms with van der Waals surface area (Å²) in [6, 6.07) is 6.97. The Morgan fingerprint density at radius 1 is 1.30 bits per heavy atom. The van der Waals surface area contributed by atoms with E-state index < -0.39 is 12.1 Å². The van der Waals surface area contributed by atoms with Crippen molar-refractivity contribution in [2.24, 2.45) is 0 Å². The lowest BCUT2D eigenvalue weighted by molar-refractivity contribution is 0.0317. The molecule has 118 valence electrons. The number of ether oxygens (including phenoxy) is 1. The summed E-state index contributed by atoms with van der Waals surface area (Å²) >= 11 is 0. The molecule has 0 amide bonds. The molecule has 0 saturated heterocycles. The predicted octanol–water partition coefficient (Wildman–Crippen LogP) is 2.45. The molecule has 0 saturated carbocycles. The molecule has 3 rings (SSSR count). The second-order valence-corrected chi connectivity index (χ2v) is 5.22. The molecule has 3 aromatic rings. The van der Waals surface area contributed by atoms with Crippen LogP contribution in [0, 0.1) is 13.8 Å². The fraction of sp³-hybridized carbons (Fsp3) is 0.250. The van der Waals surface area contributed by atoms with Crippen LogP contribution in [0.3, 0.4) is 0 Å². The van der Waals surface area contributed by atoms with Crippen molar-refractivity contribution >= 4 is 16.9 Å². The van der Waals surface area contributed by atoms with Crippen molar-refractivity contribution < 1.29 is 14.1 Å². The molecular formula is C16H15N3O4. The highest BCUT2D eigenvalue weighted by Gasteiger charge is 2.22. The summed E-state index contributed by atoms with van der Waals surface area (Å²) in [5, 5.41) is 4.21. The van der Waals surface area contributed by atoms with Crippen molar-refractivity contribution in [1.29, 1.82) is 0 Å². The molecule has 0 spiro atoms. The maximum absolute atomic E-state index is 12.2. The Hall–Kier alpha value is -2.96. The number of rotatable bonds is 3. The molecule has 0 aliphatic rings. The van der Waals surface area contributed by atoms with E-state index in [9.17, 15) is 9.59 Å². The molecule has 1 atom stereocenters. The fourth-order valence-corrected chi connectivity index (χ4v) is 2.35. The Morgan fingerprint density at radius 2 is 2.04 bits per heavy atom. The number of nitrogens with one attached hydrogen (secondary N) is 1. The van der Waals surface area contributed by atoms with E-state index in [2.05, 4.69) is 15.1 Å². The predicted molar refractivity (Wildman–Crippen MR) is 82.2 cm³/mol. The van der Waals surface area contributed by atoms with E-state index in [1.807, 2.05) is 0 Å². The van der Waals surface area contributed by atoms with E-state index in [0.29, 0.717) is 27.9 Å². The molecular weight excluding hydrogens is 298 g/mol. The number of hydrogen-bond acceptors (Lipinski definition) is 6. The highest BCUT2D eigenvalue weighted by molar-refractivity contribution is 5.91. The number of aromatic nitrogens is 3. The standard InChI is InChI=1S/C16H15N3O4/c1-8-13(9(2)23-19-8)16(21)22-10(3)14-17-12-7-5-4-6-11(12)15(20)18-14/h4-7,10H,1-3H3,(H,17,18,20). The minimum absolute atomic E-state index is 0.272. The van der Waals surface area contributed by atoms with E-state index >= 15 is 0 Å². The maximum atomic E-state index is 12.2. The second-order valence-electron chi connectivity index (χ2n) is 5.22. The molecule has 2 aromatic heterocycles. The number of para-hydroxylation sites is 1. The van der Waals surface area contributed by atoms with Crippen LogP contribution >= 0.6 is 0 Å². The molecule has 0 aliphatic carbocycles. The van der Waals surface area contributed by atoms with E-state index in [1.54, 1.807) is 45.0 Å². The van der Waals surface area contributed by atoms with Crippen molar-refractivity contribution in [1.82, 2.24) is 15.1 Å². The number of aromatic amines is 1. The number of H-pyrrole nitrogens is 1. The Balaban J connectivity index is 1.90. The highest BCUT2D eigenvalue weighted by Crippen LogP contribution is 2.19. The van der Waals surface area contributed by atoms with Crippen LogP contribution in [-0.4, -0.2) is 21.1 Å². The summed E-state index contributed by atoms with van der Waals surface area (Å²) < 4.78 is 10.3. The molecule has 0 aliphatic heterocycles. The smallest absolute Gasteiger partial charge is 0.344 e. The van der Waals surface area contributed by atoms with Gasteiger partial charge in [-0.05, 0) is 32.9 Å². The van der Waals surface area contributed by atoms with Gasteiger partial charge in [-0.2, -0.15) is 0 Å². The third-order valence-corrected chi connectivity index (χ3v) is 3.54. The lowest BCUT2D eigenvalue weighted by Crippen LogP contribution is -2.18. The Kier molecular flexibility index (Phi) is 3.69. The van der Waals surface area contributed by atoms with Crippen molar-refractivity contribution in [3.63, 3.8) is 0 Å². The molecule has 7 heteroatoms. The highest BCUT2D eigenvalue weighted by atomic mass is 16.5. The van der Waals surface area contributed by atoms with Crippen LogP contribution < -0.4 is 5.56 Å². The second kappa shape index (κ2) is 5.68. The molecule has 1 unspecified atom stereocenters. The molecule has 2 heterocycles. The first kappa shape index (κ1) is 15.0. The minimum atomic E-state index is -0.714. The van der Waals surface area contributed by atoms with Gasteiger partial charge in [0.25, 0.3) is 5.56 Å². The molecule has 0 bridgehead atoms. The summed E-state index contributed by atoms with van der Waals surface area (Å²) in [6.07, 6.45) is -0.714. The first-order valence-corrected chi connectivity index (χ1v) is 7.10. The number of carbonyl (C=O) groups excluding carboxylic acids is 1. The molecule has 1 N–H and O–H groups in total. The van der Waals surface area contributed by atoms with Crippen LogP contribution in [0.5, 0.6) is 0 Å². The normalized spacial score (nSPS) is 12.3. The van der Waals surface area contributed by atoms with Gasteiger partial charge in [-0.25, -0.2) is 9.78 Å². The lowest BCUT2D eigenvalue weighted by Gasteiger charge is -2.12. The number of esters is 1. The van der Waals surface area contributed by atoms with Crippen LogP contribution in [0.25, 0.3) is 10.9 Å². The van der Waals surface area contributed by atoms with Gasteiger partial charge in [-0.15, -0.1) is 0 Å². The van der Waals surface area contributed by atoms with Gasteiger partial charge >= 0.3 is 5.97 Å². The van der Waals surface area contributed by atoms with Crippen molar-refractivity contribution in [3.05, 3.63) is 57.5 Å². The Labute approximate surface area is 131 Å². The number of aryl methyl sites for hydroxylation is 2. The van der Waals surface area contributed by atoms with Gasteiger partial charge < -0.3 is 14.2 Å². The number of hydrogen-bond donors (Lipinski definition) is 1. The summed E-state index contributed by atoms with van der Waals surface area (Å²) in [5.41, 5.74) is 1.02. The average Bonchev–Trinajstić information content (AvgIpc) is 2.86. The van der Waals surface area contributed by atoms with Gasteiger partial charge in [-0.3, -0.25) is 4.79 Å². The number of fused-ring (bicyclic) bond motifs is 1. The SMILES string of the molecule is Cc1noc(C)c1C(=O)OC(C)c1nc2ccccc2c(=O)[nH]1. The number of nitrogens with zero attached hydrogens (tertiary/aromatic N) is 2. The van der Waals surface area contributed by atoms with Gasteiger partial charge in [-0.1, -0.05) is 17.3 Å². The van der Waals surface area contributed by atoms with Gasteiger partial charge in [0.15, 0.2) is 11.9 Å². The molecule has 23 heavy (non-hydrogen) atoms. The van der Waals surface area contributed by atoms with Crippen LogP contribution in [0.1, 0.15) is 40.7 Å². The van der Waals surface area contributed by atoms with Crippen LogP contribution in [0.15, 0.2) is 33.6 Å².